The number of furan rings is 1. The molecule has 17 aromatic rings. The minimum atomic E-state index is 0. The molecule has 31 heteroatoms. The molecule has 138 heavy (non-hydrogen) atoms. The van der Waals surface area contributed by atoms with Crippen molar-refractivity contribution in [3.8, 4) is 0 Å². The van der Waals surface area contributed by atoms with Gasteiger partial charge in [0.25, 0.3) is 0 Å². The van der Waals surface area contributed by atoms with E-state index in [2.05, 4.69) is 153 Å². The van der Waals surface area contributed by atoms with Crippen LogP contribution in [0.4, 0.5) is 0 Å². The number of nitrogens with one attached hydrogen (secondary N) is 6. The highest BCUT2D eigenvalue weighted by Crippen LogP contribution is 2.15. The first kappa shape index (κ1) is 209. The van der Waals surface area contributed by atoms with Crippen molar-refractivity contribution in [1.29, 1.82) is 0 Å². The SMILES string of the molecule is C.C.C.C.C.C.C.C.C.C.C.C.C.C.C.C1N=NN=N1.CC.CC.CC.CC.CC.CC.CC.CC.CC.CC.CC.CC.CC.CC.CC.CC.c1c[nH]cn1.c1cc2cn[nH]c2s1.c1cc[nH]c1.c1ccc2[nH]ccc2c1.c1ccncc1.c1ccnnc1.c1ccoc1.c1ccsc1.c1cn[nH]c1.c1cnccn1.c1cncnc1.c1cnoc1.c1cnsc1.c1cscn1.c1nc[nH]n1. The number of aromatic nitrogens is 21. The van der Waals surface area contributed by atoms with Gasteiger partial charge in [0.2, 0.25) is 0 Å². The number of hydrogen-bond acceptors (Lipinski definition) is 25. The summed E-state index contributed by atoms with van der Waals surface area (Å²) in [5.74, 6) is 0. The molecule has 0 saturated heterocycles. The third-order valence-corrected chi connectivity index (χ3v) is 10.9. The Morgan fingerprint density at radius 3 is 0.993 bits per heavy atom. The van der Waals surface area contributed by atoms with E-state index in [0.29, 0.717) is 6.67 Å². The average molecular weight is 2020 g/mol. The van der Waals surface area contributed by atoms with Gasteiger partial charge in [0.05, 0.1) is 36.8 Å². The molecular formula is C107H219N25O2S4. The molecular weight excluding hydrogens is 1800 g/mol. The van der Waals surface area contributed by atoms with E-state index < -0.39 is 0 Å². The molecule has 0 saturated carbocycles. The van der Waals surface area contributed by atoms with Gasteiger partial charge < -0.3 is 23.9 Å². The van der Waals surface area contributed by atoms with Gasteiger partial charge in [-0.25, -0.2) is 24.3 Å². The third-order valence-electron chi connectivity index (χ3n) is 8.36. The molecule has 6 N–H and O–H groups in total. The lowest BCUT2D eigenvalue weighted by molar-refractivity contribution is 0.420. The van der Waals surface area contributed by atoms with Crippen molar-refractivity contribution in [1.82, 2.24) is 105 Å². The molecule has 0 aliphatic carbocycles. The Bertz CT molecular complexity index is 2980. The molecule has 1 aliphatic rings. The molecule has 0 atom stereocenters. The molecule has 27 nitrogen and oxygen atoms in total. The van der Waals surface area contributed by atoms with E-state index in [1.807, 2.05) is 370 Å². The molecule has 1 aromatic carbocycles. The second kappa shape index (κ2) is 254. The van der Waals surface area contributed by atoms with Gasteiger partial charge in [0.1, 0.15) is 30.1 Å². The molecule has 17 heterocycles. The number of H-pyrrole nitrogens is 6. The molecule has 1 aliphatic heterocycles. The molecule has 0 bridgehead atoms. The first-order valence-corrected chi connectivity index (χ1v) is 45.8. The molecule has 0 amide bonds. The van der Waals surface area contributed by atoms with Crippen LogP contribution in [-0.4, -0.2) is 112 Å². The molecule has 18 rings (SSSR count). The van der Waals surface area contributed by atoms with Crippen LogP contribution in [-0.2, 0) is 0 Å². The summed E-state index contributed by atoms with van der Waals surface area (Å²) in [6, 6.07) is 40.5. The van der Waals surface area contributed by atoms with Gasteiger partial charge >= 0.3 is 0 Å². The van der Waals surface area contributed by atoms with Crippen molar-refractivity contribution in [3.05, 3.63) is 334 Å². The number of hydrogen-bond donors (Lipinski definition) is 6. The highest BCUT2D eigenvalue weighted by atomic mass is 32.1. The van der Waals surface area contributed by atoms with Crippen LogP contribution < -0.4 is 0 Å². The van der Waals surface area contributed by atoms with E-state index in [9.17, 15) is 0 Å². The van der Waals surface area contributed by atoms with Crippen LogP contribution in [0.15, 0.2) is 364 Å². The highest BCUT2D eigenvalue weighted by Gasteiger charge is 1.91. The Hall–Kier alpha value is -12.2. The number of nitrogens with zero attached hydrogens (tertiary/aromatic N) is 19. The number of pyridine rings is 1. The largest absolute Gasteiger partial charge is 0.473 e. The Kier molecular flexibility index (Phi) is 385. The molecule has 16 aromatic heterocycles. The van der Waals surface area contributed by atoms with Gasteiger partial charge in [0, 0.05) is 139 Å². The zero-order valence-corrected chi connectivity index (χ0v) is 83.7. The van der Waals surface area contributed by atoms with Gasteiger partial charge in [0.15, 0.2) is 6.67 Å². The van der Waals surface area contributed by atoms with Crippen molar-refractivity contribution in [2.75, 3.05) is 6.67 Å². The van der Waals surface area contributed by atoms with Gasteiger partial charge in [-0.15, -0.1) is 32.9 Å². The normalized spacial score (nSPS) is 6.61. The van der Waals surface area contributed by atoms with Crippen LogP contribution in [0, 0.1) is 0 Å². The summed E-state index contributed by atoms with van der Waals surface area (Å²) in [4.78, 5) is 39.4. The van der Waals surface area contributed by atoms with Crippen molar-refractivity contribution < 1.29 is 8.94 Å². The van der Waals surface area contributed by atoms with Gasteiger partial charge in [-0.2, -0.15) is 36.8 Å². The van der Waals surface area contributed by atoms with Crippen LogP contribution in [0.5, 0.6) is 0 Å². The van der Waals surface area contributed by atoms with Crippen LogP contribution in [0.3, 0.4) is 0 Å². The predicted octanol–water partition coefficient (Wildman–Crippen LogP) is 40.7. The summed E-state index contributed by atoms with van der Waals surface area (Å²) in [5, 5.41) is 54.9. The van der Waals surface area contributed by atoms with Gasteiger partial charge in [-0.1, -0.05) is 375 Å². The predicted molar refractivity (Wildman–Crippen MR) is 638 cm³/mol. The smallest absolute Gasteiger partial charge is 0.175 e. The molecule has 0 unspecified atom stereocenters. The third kappa shape index (κ3) is 208. The Morgan fingerprint density at radius 2 is 0.783 bits per heavy atom. The monoisotopic (exact) mass is 2010 g/mol. The summed E-state index contributed by atoms with van der Waals surface area (Å²) in [6.07, 6.45) is 47.1. The maximum atomic E-state index is 4.58. The Balaban J connectivity index is -0.0000000332. The summed E-state index contributed by atoms with van der Waals surface area (Å²) < 4.78 is 12.7. The van der Waals surface area contributed by atoms with Crippen molar-refractivity contribution in [3.63, 3.8) is 0 Å². The second-order valence-electron chi connectivity index (χ2n) is 14.7. The fraction of sp³-hybridized carbons (Fsp3) is 0.449. The van der Waals surface area contributed by atoms with E-state index in [4.69, 9.17) is 0 Å². The van der Waals surface area contributed by atoms with Gasteiger partial charge in [-0.3, -0.25) is 35.2 Å². The van der Waals surface area contributed by atoms with E-state index in [-0.39, 0.29) is 111 Å². The number of aromatic amines is 6. The zero-order valence-electron chi connectivity index (χ0n) is 80.4. The zero-order chi connectivity index (χ0) is 95.8. The maximum Gasteiger partial charge on any atom is 0.175 e. The average Bonchev–Trinajstić information content (AvgIpc) is 1.72. The number of rotatable bonds is 0. The summed E-state index contributed by atoms with van der Waals surface area (Å²) >= 11 is 6.45. The van der Waals surface area contributed by atoms with E-state index in [0.717, 1.165) is 4.83 Å². The fourth-order valence-corrected chi connectivity index (χ4v) is 6.61. The summed E-state index contributed by atoms with van der Waals surface area (Å²) in [5.41, 5.74) is 3.00. The number of imidazole rings is 1. The van der Waals surface area contributed by atoms with E-state index >= 15 is 0 Å². The van der Waals surface area contributed by atoms with Crippen molar-refractivity contribution >= 4 is 66.7 Å². The molecule has 0 radical (unpaired) electrons. The molecule has 808 valence electrons. The lowest BCUT2D eigenvalue weighted by Gasteiger charge is -1.83. The number of benzene rings is 1. The lowest BCUT2D eigenvalue weighted by Crippen LogP contribution is -1.69. The number of fused-ring (bicyclic) bond motifs is 2. The van der Waals surface area contributed by atoms with Crippen LogP contribution in [0.2, 0.25) is 0 Å². The fourth-order valence-electron chi connectivity index (χ4n) is 4.74. The number of thiophene rings is 2. The van der Waals surface area contributed by atoms with Gasteiger partial charge in [-0.05, 0) is 135 Å². The summed E-state index contributed by atoms with van der Waals surface area (Å²) in [6.45, 7) is 64.4. The van der Waals surface area contributed by atoms with Crippen LogP contribution in [0.25, 0.3) is 21.1 Å². The number of para-hydroxylation sites is 1. The van der Waals surface area contributed by atoms with Crippen LogP contribution in [0.1, 0.15) is 333 Å². The van der Waals surface area contributed by atoms with Crippen LogP contribution >= 0.6 is 45.5 Å². The minimum Gasteiger partial charge on any atom is -0.473 e. The first-order chi connectivity index (χ1) is 61.4. The minimum absolute atomic E-state index is 0. The van der Waals surface area contributed by atoms with Crippen molar-refractivity contribution in [2.24, 2.45) is 20.7 Å². The number of thiazole rings is 1. The second-order valence-corrected chi connectivity index (χ2v) is 17.9. The standard InChI is InChI=1S/C8H7N.C5H4N2S.C5H5N.3C4H4N2.C4H5N.C4H4O.C4H4S.2C3H4N2.C3H3NO.2C3H3NS.C2H3N3.16C2H6.CH2N4.15CH4/c1-2-4-8-7(3-1)5-6-9-8;1-2-8-5-4(1)3-6-7-5;1-2-4-6-5-3-1;1-2-6-4-3-5-1;1-2-5-4-6-3-1;1-2-4-6-5-3-1;3*1-2-4-5-3-1;1-2-5-3-4-1;2*1-2-4-5-3-1;1-2-5-3-4-1;1-2-4-5-3-1;1-3-2-5-4-1;16*1-2;1-2-4-5-3-1;;;;;;;;;;;;;;;/h1-6,9H;1-3H,(H,6,7);1-5H;3*1-4H;1-5H;2*1-4H;2*1-3H,(H,4,5);3*1-3H;1-2H,(H,3,4,5);16*1-2H3;1H2;15*1H4. The van der Waals surface area contributed by atoms with Crippen molar-refractivity contribution in [2.45, 2.75) is 333 Å². The maximum absolute atomic E-state index is 4.58. The molecule has 0 fully saturated rings. The summed E-state index contributed by atoms with van der Waals surface area (Å²) in [7, 11) is 0. The first-order valence-electron chi connectivity index (χ1n) is 42.2. The van der Waals surface area contributed by atoms with E-state index in [1.165, 1.54) is 53.1 Å². The lowest BCUT2D eigenvalue weighted by atomic mass is 10.3. The molecule has 0 spiro atoms. The Labute approximate surface area is 869 Å². The topological polar surface area (TPSA) is 364 Å². The quantitative estimate of drug-likeness (QED) is 0.0821. The highest BCUT2D eigenvalue weighted by molar-refractivity contribution is 7.16. The van der Waals surface area contributed by atoms with E-state index in [1.54, 1.807) is 176 Å². The Morgan fingerprint density at radius 1 is 0.290 bits per heavy atom.